The molecule has 1 aliphatic rings. The first-order chi connectivity index (χ1) is 11.0. The van der Waals surface area contributed by atoms with Crippen molar-refractivity contribution < 1.29 is 0 Å². The van der Waals surface area contributed by atoms with Gasteiger partial charge in [-0.3, -0.25) is 0 Å². The molecule has 1 saturated heterocycles. The molecular formula is C16H19Cl2N5. The molecule has 122 valence electrons. The van der Waals surface area contributed by atoms with Crippen molar-refractivity contribution in [3.05, 3.63) is 34.6 Å². The van der Waals surface area contributed by atoms with Gasteiger partial charge >= 0.3 is 0 Å². The third kappa shape index (κ3) is 3.62. The van der Waals surface area contributed by atoms with Crippen molar-refractivity contribution in [2.24, 2.45) is 5.92 Å². The van der Waals surface area contributed by atoms with Crippen molar-refractivity contribution in [1.82, 2.24) is 9.97 Å². The molecule has 1 fully saturated rings. The van der Waals surface area contributed by atoms with Crippen molar-refractivity contribution >= 4 is 46.2 Å². The molecule has 2 aromatic rings. The molecule has 1 aliphatic heterocycles. The Bertz CT molecular complexity index is 699. The fourth-order valence-electron chi connectivity index (χ4n) is 2.68. The number of aromatic nitrogens is 2. The first-order valence-corrected chi connectivity index (χ1v) is 8.37. The minimum atomic E-state index is 0.517. The molecule has 0 bridgehead atoms. The minimum Gasteiger partial charge on any atom is -0.393 e. The highest BCUT2D eigenvalue weighted by molar-refractivity contribution is 6.36. The van der Waals surface area contributed by atoms with Crippen molar-refractivity contribution in [2.75, 3.05) is 29.0 Å². The zero-order chi connectivity index (χ0) is 16.4. The molecule has 3 rings (SSSR count). The number of hydrogen-bond donors (Lipinski definition) is 2. The monoisotopic (exact) mass is 351 g/mol. The summed E-state index contributed by atoms with van der Waals surface area (Å²) in [6.07, 6.45) is 3.82. The van der Waals surface area contributed by atoms with Crippen molar-refractivity contribution in [2.45, 2.75) is 19.8 Å². The fraction of sp³-hybridized carbons (Fsp3) is 0.375. The predicted molar refractivity (Wildman–Crippen MR) is 96.8 cm³/mol. The lowest BCUT2D eigenvalue weighted by Crippen LogP contribution is -2.34. The Morgan fingerprint density at radius 1 is 1.22 bits per heavy atom. The number of rotatable bonds is 3. The summed E-state index contributed by atoms with van der Waals surface area (Å²) in [6.45, 7) is 4.20. The Balaban J connectivity index is 1.85. The third-order valence-electron chi connectivity index (χ3n) is 4.13. The van der Waals surface area contributed by atoms with Gasteiger partial charge in [-0.1, -0.05) is 30.1 Å². The minimum absolute atomic E-state index is 0.517. The van der Waals surface area contributed by atoms with Crippen LogP contribution in [0, 0.1) is 5.92 Å². The van der Waals surface area contributed by atoms with Crippen LogP contribution >= 0.6 is 23.2 Å². The van der Waals surface area contributed by atoms with Crippen LogP contribution in [0.3, 0.4) is 0 Å². The summed E-state index contributed by atoms with van der Waals surface area (Å²) < 4.78 is 0. The van der Waals surface area contributed by atoms with E-state index in [1.54, 1.807) is 18.2 Å². The second kappa shape index (κ2) is 6.81. The van der Waals surface area contributed by atoms with Gasteiger partial charge < -0.3 is 16.0 Å². The average Bonchev–Trinajstić information content (AvgIpc) is 2.53. The standard InChI is InChI=1S/C16H19Cl2N5/c1-10-4-6-23(7-5-10)16-14(19)15(20-9-21-16)22-13-3-2-11(17)8-12(13)18/h2-3,8-10H,4-7,19H2,1H3,(H,20,21,22). The van der Waals surface area contributed by atoms with Crippen LogP contribution in [0.15, 0.2) is 24.5 Å². The molecule has 0 atom stereocenters. The Morgan fingerprint density at radius 2 is 1.96 bits per heavy atom. The van der Waals surface area contributed by atoms with E-state index in [1.165, 1.54) is 6.33 Å². The molecule has 0 amide bonds. The maximum absolute atomic E-state index is 6.28. The molecule has 5 nitrogen and oxygen atoms in total. The topological polar surface area (TPSA) is 67.1 Å². The normalized spacial score (nSPS) is 15.7. The van der Waals surface area contributed by atoms with Crippen LogP contribution < -0.4 is 16.0 Å². The Labute approximate surface area is 145 Å². The van der Waals surface area contributed by atoms with Crippen LogP contribution in [0.5, 0.6) is 0 Å². The van der Waals surface area contributed by atoms with Crippen molar-refractivity contribution in [3.63, 3.8) is 0 Å². The van der Waals surface area contributed by atoms with E-state index in [2.05, 4.69) is 27.1 Å². The number of halogens is 2. The number of benzene rings is 1. The largest absolute Gasteiger partial charge is 0.393 e. The van der Waals surface area contributed by atoms with Gasteiger partial charge in [-0.05, 0) is 37.0 Å². The van der Waals surface area contributed by atoms with Gasteiger partial charge in [0.15, 0.2) is 11.6 Å². The third-order valence-corrected chi connectivity index (χ3v) is 4.68. The zero-order valence-electron chi connectivity index (χ0n) is 12.9. The summed E-state index contributed by atoms with van der Waals surface area (Å²) in [6, 6.07) is 5.24. The Hall–Kier alpha value is -1.72. The van der Waals surface area contributed by atoms with E-state index >= 15 is 0 Å². The average molecular weight is 352 g/mol. The van der Waals surface area contributed by atoms with E-state index in [0.717, 1.165) is 37.7 Å². The van der Waals surface area contributed by atoms with E-state index in [9.17, 15) is 0 Å². The number of piperidine rings is 1. The van der Waals surface area contributed by atoms with Crippen LogP contribution in [0.4, 0.5) is 23.0 Å². The summed E-state index contributed by atoms with van der Waals surface area (Å²) in [4.78, 5) is 10.8. The Morgan fingerprint density at radius 3 is 2.65 bits per heavy atom. The van der Waals surface area contributed by atoms with Crippen molar-refractivity contribution in [3.8, 4) is 0 Å². The van der Waals surface area contributed by atoms with Crippen molar-refractivity contribution in [1.29, 1.82) is 0 Å². The van der Waals surface area contributed by atoms with Crippen LogP contribution in [0.2, 0.25) is 10.0 Å². The quantitative estimate of drug-likeness (QED) is 0.860. The number of nitrogens with zero attached hydrogens (tertiary/aromatic N) is 3. The molecule has 1 aromatic heterocycles. The van der Waals surface area contributed by atoms with Crippen LogP contribution in [-0.4, -0.2) is 23.1 Å². The Kier molecular flexibility index (Phi) is 4.78. The number of nitrogens with two attached hydrogens (primary N) is 1. The van der Waals surface area contributed by atoms with E-state index in [4.69, 9.17) is 28.9 Å². The lowest BCUT2D eigenvalue weighted by molar-refractivity contribution is 0.437. The molecule has 23 heavy (non-hydrogen) atoms. The molecule has 3 N–H and O–H groups in total. The van der Waals surface area contributed by atoms with E-state index in [0.29, 0.717) is 27.2 Å². The maximum Gasteiger partial charge on any atom is 0.159 e. The molecule has 0 unspecified atom stereocenters. The van der Waals surface area contributed by atoms with Crippen LogP contribution in [0.1, 0.15) is 19.8 Å². The van der Waals surface area contributed by atoms with Crippen LogP contribution in [-0.2, 0) is 0 Å². The molecule has 1 aromatic carbocycles. The van der Waals surface area contributed by atoms with Gasteiger partial charge in [-0.15, -0.1) is 0 Å². The molecule has 0 saturated carbocycles. The molecule has 7 heteroatoms. The van der Waals surface area contributed by atoms with Gasteiger partial charge in [0.2, 0.25) is 0 Å². The molecule has 0 radical (unpaired) electrons. The zero-order valence-corrected chi connectivity index (χ0v) is 14.4. The predicted octanol–water partition coefficient (Wildman–Crippen LogP) is 4.35. The molecular weight excluding hydrogens is 333 g/mol. The van der Waals surface area contributed by atoms with E-state index in [-0.39, 0.29) is 0 Å². The number of anilines is 4. The highest BCUT2D eigenvalue weighted by Gasteiger charge is 2.20. The molecule has 2 heterocycles. The van der Waals surface area contributed by atoms with E-state index < -0.39 is 0 Å². The summed E-state index contributed by atoms with van der Waals surface area (Å²) >= 11 is 12.1. The summed E-state index contributed by atoms with van der Waals surface area (Å²) in [5.74, 6) is 2.08. The van der Waals surface area contributed by atoms with Gasteiger partial charge in [0.1, 0.15) is 12.0 Å². The number of hydrogen-bond acceptors (Lipinski definition) is 5. The second-order valence-corrected chi connectivity index (χ2v) is 6.72. The number of nitrogen functional groups attached to an aromatic ring is 1. The summed E-state index contributed by atoms with van der Waals surface area (Å²) in [7, 11) is 0. The van der Waals surface area contributed by atoms with Gasteiger partial charge in [0.05, 0.1) is 10.7 Å². The SMILES string of the molecule is CC1CCN(c2ncnc(Nc3ccc(Cl)cc3Cl)c2N)CC1. The fourth-order valence-corrected chi connectivity index (χ4v) is 3.13. The molecule has 0 aliphatic carbocycles. The molecule has 0 spiro atoms. The van der Waals surface area contributed by atoms with Gasteiger partial charge in [-0.2, -0.15) is 0 Å². The lowest BCUT2D eigenvalue weighted by atomic mass is 9.99. The van der Waals surface area contributed by atoms with E-state index in [1.807, 2.05) is 0 Å². The van der Waals surface area contributed by atoms with Crippen LogP contribution in [0.25, 0.3) is 0 Å². The highest BCUT2D eigenvalue weighted by Crippen LogP contribution is 2.33. The smallest absolute Gasteiger partial charge is 0.159 e. The lowest BCUT2D eigenvalue weighted by Gasteiger charge is -2.32. The summed E-state index contributed by atoms with van der Waals surface area (Å²) in [5.41, 5.74) is 7.52. The highest BCUT2D eigenvalue weighted by atomic mass is 35.5. The van der Waals surface area contributed by atoms with Gasteiger partial charge in [-0.25, -0.2) is 9.97 Å². The first kappa shape index (κ1) is 16.1. The van der Waals surface area contributed by atoms with Gasteiger partial charge in [0.25, 0.3) is 0 Å². The second-order valence-electron chi connectivity index (χ2n) is 5.88. The maximum atomic E-state index is 6.28. The summed E-state index contributed by atoms with van der Waals surface area (Å²) in [5, 5.41) is 4.26. The number of nitrogens with one attached hydrogen (secondary N) is 1. The van der Waals surface area contributed by atoms with Gasteiger partial charge in [0, 0.05) is 18.1 Å². The first-order valence-electron chi connectivity index (χ1n) is 7.62.